The number of halogens is 2. The van der Waals surface area contributed by atoms with Gasteiger partial charge < -0.3 is 9.73 Å². The molecule has 90 valence electrons. The maximum atomic E-state index is 6.23. The minimum Gasteiger partial charge on any atom is -0.459 e. The lowest BCUT2D eigenvalue weighted by molar-refractivity contribution is 0.358. The van der Waals surface area contributed by atoms with Gasteiger partial charge in [-0.15, -0.1) is 0 Å². The summed E-state index contributed by atoms with van der Waals surface area (Å²) in [5, 5.41) is 5.29. The second-order valence-corrected chi connectivity index (χ2v) is 6.29. The monoisotopic (exact) mass is 313 g/mol. The smallest absolute Gasteiger partial charge is 0.153 e. The maximum Gasteiger partial charge on any atom is 0.153 e. The molecule has 0 saturated carbocycles. The van der Waals surface area contributed by atoms with Gasteiger partial charge in [0.1, 0.15) is 5.76 Å². The van der Waals surface area contributed by atoms with E-state index in [-0.39, 0.29) is 5.54 Å². The topological polar surface area (TPSA) is 25.2 Å². The van der Waals surface area contributed by atoms with Crippen LogP contribution < -0.4 is 5.32 Å². The Hall–Kier alpha value is -0.510. The molecule has 0 saturated heterocycles. The first kappa shape index (κ1) is 11.6. The molecule has 1 aromatic heterocycles. The second-order valence-electron chi connectivity index (χ2n) is 4.97. The van der Waals surface area contributed by atoms with Crippen LogP contribution in [0, 0.1) is 0 Å². The molecule has 0 radical (unpaired) electrons. The number of hydrogen-bond donors (Lipinski definition) is 1. The first-order valence-corrected chi connectivity index (χ1v) is 6.82. The zero-order valence-corrected chi connectivity index (χ0v) is 12.1. The van der Waals surface area contributed by atoms with Gasteiger partial charge in [-0.25, -0.2) is 0 Å². The van der Waals surface area contributed by atoms with Crippen molar-refractivity contribution < 1.29 is 4.42 Å². The molecule has 0 amide bonds. The molecule has 1 aliphatic heterocycles. The largest absolute Gasteiger partial charge is 0.459 e. The predicted octanol–water partition coefficient (Wildman–Crippen LogP) is 4.23. The molecule has 3 rings (SSSR count). The summed E-state index contributed by atoms with van der Waals surface area (Å²) in [6, 6.07) is 3.96. The van der Waals surface area contributed by atoms with E-state index in [1.807, 2.05) is 6.07 Å². The van der Waals surface area contributed by atoms with Crippen molar-refractivity contribution in [2.75, 3.05) is 6.54 Å². The lowest BCUT2D eigenvalue weighted by Crippen LogP contribution is -2.41. The van der Waals surface area contributed by atoms with Crippen molar-refractivity contribution in [3.8, 4) is 0 Å². The lowest BCUT2D eigenvalue weighted by Gasteiger charge is -2.31. The molecule has 1 N–H and O–H groups in total. The summed E-state index contributed by atoms with van der Waals surface area (Å²) in [4.78, 5) is 0. The molecule has 0 fully saturated rings. The third-order valence-corrected chi connectivity index (χ3v) is 4.06. The van der Waals surface area contributed by atoms with Crippen LogP contribution in [-0.4, -0.2) is 6.54 Å². The van der Waals surface area contributed by atoms with E-state index in [9.17, 15) is 0 Å². The summed E-state index contributed by atoms with van der Waals surface area (Å²) in [5.41, 5.74) is 1.97. The predicted molar refractivity (Wildman–Crippen MR) is 73.7 cm³/mol. The zero-order valence-electron chi connectivity index (χ0n) is 9.73. The summed E-state index contributed by atoms with van der Waals surface area (Å²) in [6.07, 6.45) is 0.918. The fourth-order valence-corrected chi connectivity index (χ4v) is 3.46. The van der Waals surface area contributed by atoms with Crippen molar-refractivity contribution >= 4 is 38.5 Å². The van der Waals surface area contributed by atoms with Crippen molar-refractivity contribution in [2.24, 2.45) is 0 Å². The normalized spacial score (nSPS) is 18.4. The minimum absolute atomic E-state index is 0.0665. The van der Waals surface area contributed by atoms with E-state index in [2.05, 4.69) is 41.2 Å². The number of fused-ring (bicyclic) bond motifs is 3. The van der Waals surface area contributed by atoms with Crippen LogP contribution in [0.2, 0.25) is 5.02 Å². The fourth-order valence-electron chi connectivity index (χ4n) is 2.61. The highest BCUT2D eigenvalue weighted by molar-refractivity contribution is 9.10. The highest BCUT2D eigenvalue weighted by Crippen LogP contribution is 2.40. The van der Waals surface area contributed by atoms with Crippen LogP contribution in [0.25, 0.3) is 11.0 Å². The highest BCUT2D eigenvalue weighted by Gasteiger charge is 2.32. The molecule has 2 nitrogen and oxygen atoms in total. The molecule has 4 heteroatoms. The zero-order chi connectivity index (χ0) is 12.2. The molecule has 0 aliphatic carbocycles. The maximum absolute atomic E-state index is 6.23. The Balaban J connectivity index is 2.41. The van der Waals surface area contributed by atoms with Gasteiger partial charge in [-0.2, -0.15) is 0 Å². The minimum atomic E-state index is -0.0665. The quantitative estimate of drug-likeness (QED) is 0.787. The van der Waals surface area contributed by atoms with Gasteiger partial charge in [-0.3, -0.25) is 0 Å². The van der Waals surface area contributed by atoms with Crippen molar-refractivity contribution in [1.82, 2.24) is 5.32 Å². The Labute approximate surface area is 113 Å². The van der Waals surface area contributed by atoms with E-state index in [1.165, 1.54) is 5.56 Å². The molecule has 2 aromatic rings. The second kappa shape index (κ2) is 3.74. The first-order chi connectivity index (χ1) is 7.99. The van der Waals surface area contributed by atoms with Crippen LogP contribution in [0.4, 0.5) is 0 Å². The van der Waals surface area contributed by atoms with Crippen LogP contribution in [0.15, 0.2) is 21.0 Å². The Kier molecular flexibility index (Phi) is 2.55. The summed E-state index contributed by atoms with van der Waals surface area (Å²) >= 11 is 9.72. The van der Waals surface area contributed by atoms with E-state index in [1.54, 1.807) is 0 Å². The van der Waals surface area contributed by atoms with E-state index < -0.39 is 0 Å². The number of rotatable bonds is 0. The molecular weight excluding hydrogens is 302 g/mol. The standard InChI is InChI=1S/C13H13BrClNO/c1-13(2)11-8-5-7(14)6-9(15)12(8)17-10(11)3-4-16-13/h5-6,16H,3-4H2,1-2H3. The third-order valence-electron chi connectivity index (χ3n) is 3.33. The molecule has 0 bridgehead atoms. The highest BCUT2D eigenvalue weighted by atomic mass is 79.9. The molecule has 1 aromatic carbocycles. The van der Waals surface area contributed by atoms with E-state index in [0.29, 0.717) is 5.02 Å². The van der Waals surface area contributed by atoms with Crippen LogP contribution in [-0.2, 0) is 12.0 Å². The average Bonchev–Trinajstić information content (AvgIpc) is 2.57. The average molecular weight is 315 g/mol. The summed E-state index contributed by atoms with van der Waals surface area (Å²) < 4.78 is 6.91. The van der Waals surface area contributed by atoms with Gasteiger partial charge in [0.2, 0.25) is 0 Å². The third kappa shape index (κ3) is 1.72. The van der Waals surface area contributed by atoms with Gasteiger partial charge in [0.15, 0.2) is 5.58 Å². The number of furan rings is 1. The van der Waals surface area contributed by atoms with Gasteiger partial charge >= 0.3 is 0 Å². The molecule has 0 spiro atoms. The molecule has 2 heterocycles. The summed E-state index contributed by atoms with van der Waals surface area (Å²) in [5.74, 6) is 1.06. The Morgan fingerprint density at radius 3 is 2.94 bits per heavy atom. The number of hydrogen-bond acceptors (Lipinski definition) is 2. The SMILES string of the molecule is CC1(C)NCCc2oc3c(Cl)cc(Br)cc3c21. The van der Waals surface area contributed by atoms with Gasteiger partial charge in [0, 0.05) is 33.9 Å². The van der Waals surface area contributed by atoms with Gasteiger partial charge in [0.25, 0.3) is 0 Å². The van der Waals surface area contributed by atoms with Crippen LogP contribution in [0.5, 0.6) is 0 Å². The van der Waals surface area contributed by atoms with Crippen LogP contribution in [0.1, 0.15) is 25.2 Å². The molecular formula is C13H13BrClNO. The van der Waals surface area contributed by atoms with E-state index in [4.69, 9.17) is 16.0 Å². The fraction of sp³-hybridized carbons (Fsp3) is 0.385. The Morgan fingerprint density at radius 2 is 2.18 bits per heavy atom. The Morgan fingerprint density at radius 1 is 1.41 bits per heavy atom. The van der Waals surface area contributed by atoms with E-state index >= 15 is 0 Å². The molecule has 17 heavy (non-hydrogen) atoms. The van der Waals surface area contributed by atoms with Crippen molar-refractivity contribution in [1.29, 1.82) is 0 Å². The van der Waals surface area contributed by atoms with Gasteiger partial charge in [-0.1, -0.05) is 27.5 Å². The Bertz CT molecular complexity index is 603. The van der Waals surface area contributed by atoms with Crippen LogP contribution in [0.3, 0.4) is 0 Å². The van der Waals surface area contributed by atoms with E-state index in [0.717, 1.165) is 34.2 Å². The summed E-state index contributed by atoms with van der Waals surface area (Å²) in [7, 11) is 0. The van der Waals surface area contributed by atoms with Gasteiger partial charge in [0.05, 0.1) is 5.02 Å². The van der Waals surface area contributed by atoms with Crippen molar-refractivity contribution in [3.05, 3.63) is 33.0 Å². The van der Waals surface area contributed by atoms with Crippen molar-refractivity contribution in [2.45, 2.75) is 25.8 Å². The molecule has 0 atom stereocenters. The lowest BCUT2D eigenvalue weighted by atomic mass is 9.88. The number of nitrogens with one attached hydrogen (secondary N) is 1. The molecule has 1 aliphatic rings. The van der Waals surface area contributed by atoms with Crippen LogP contribution >= 0.6 is 27.5 Å². The van der Waals surface area contributed by atoms with Gasteiger partial charge in [-0.05, 0) is 26.0 Å². The first-order valence-electron chi connectivity index (χ1n) is 5.65. The van der Waals surface area contributed by atoms with Crippen molar-refractivity contribution in [3.63, 3.8) is 0 Å². The summed E-state index contributed by atoms with van der Waals surface area (Å²) in [6.45, 7) is 5.29. The number of benzene rings is 1. The molecule has 0 unspecified atom stereocenters.